The van der Waals surface area contributed by atoms with E-state index in [0.717, 1.165) is 5.56 Å². The molecule has 0 aliphatic rings. The predicted molar refractivity (Wildman–Crippen MR) is 61.0 cm³/mol. The van der Waals surface area contributed by atoms with Crippen molar-refractivity contribution < 1.29 is 9.53 Å². The summed E-state index contributed by atoms with van der Waals surface area (Å²) in [4.78, 5) is 11.2. The van der Waals surface area contributed by atoms with Gasteiger partial charge in [-0.2, -0.15) is 0 Å². The van der Waals surface area contributed by atoms with Gasteiger partial charge in [-0.15, -0.1) is 0 Å². The Morgan fingerprint density at radius 2 is 1.87 bits per heavy atom. The zero-order chi connectivity index (χ0) is 11.3. The molecule has 15 heavy (non-hydrogen) atoms. The second kappa shape index (κ2) is 5.15. The van der Waals surface area contributed by atoms with E-state index in [-0.39, 0.29) is 5.97 Å². The minimum absolute atomic E-state index is 0.389. The van der Waals surface area contributed by atoms with Crippen LogP contribution in [0.15, 0.2) is 48.2 Å². The van der Waals surface area contributed by atoms with Gasteiger partial charge in [-0.3, -0.25) is 0 Å². The molecule has 0 amide bonds. The van der Waals surface area contributed by atoms with Crippen LogP contribution in [0, 0.1) is 0 Å². The normalized spacial score (nSPS) is 10.9. The van der Waals surface area contributed by atoms with E-state index in [0.29, 0.717) is 11.3 Å². The van der Waals surface area contributed by atoms with Crippen LogP contribution in [0.25, 0.3) is 6.08 Å². The summed E-state index contributed by atoms with van der Waals surface area (Å²) < 4.78 is 5.04. The fraction of sp³-hybridized carbons (Fsp3) is 0.154. The van der Waals surface area contributed by atoms with Crippen LogP contribution in [0.1, 0.15) is 19.4 Å². The maximum Gasteiger partial charge on any atom is 0.338 e. The third-order valence-corrected chi connectivity index (χ3v) is 1.77. The molecule has 0 unspecified atom stereocenters. The Labute approximate surface area is 89.9 Å². The molecule has 2 nitrogen and oxygen atoms in total. The molecule has 0 aliphatic heterocycles. The minimum atomic E-state index is -0.389. The molecule has 0 fully saturated rings. The lowest BCUT2D eigenvalue weighted by atomic mass is 10.2. The summed E-state index contributed by atoms with van der Waals surface area (Å²) >= 11 is 0. The number of carbonyl (C=O) groups excluding carboxylic acids is 1. The van der Waals surface area contributed by atoms with Crippen molar-refractivity contribution in [1.82, 2.24) is 0 Å². The van der Waals surface area contributed by atoms with Crippen molar-refractivity contribution in [2.45, 2.75) is 13.8 Å². The lowest BCUT2D eigenvalue weighted by Gasteiger charge is -2.03. The third-order valence-electron chi connectivity index (χ3n) is 1.77. The molecule has 0 bridgehead atoms. The molecule has 0 aromatic heterocycles. The summed E-state index contributed by atoms with van der Waals surface area (Å²) in [5, 5.41) is 0. The summed E-state index contributed by atoms with van der Waals surface area (Å²) in [6, 6.07) is 9.68. The Morgan fingerprint density at radius 3 is 2.40 bits per heavy atom. The van der Waals surface area contributed by atoms with Crippen LogP contribution in [0.5, 0.6) is 0 Å². The SMILES string of the molecule is C=C(C)C(=O)OC(C)=Cc1ccccc1. The van der Waals surface area contributed by atoms with Crippen LogP contribution in [0.4, 0.5) is 0 Å². The Hall–Kier alpha value is -1.83. The maximum atomic E-state index is 11.2. The molecule has 0 radical (unpaired) electrons. The Bertz CT molecular complexity index is 388. The van der Waals surface area contributed by atoms with E-state index in [9.17, 15) is 4.79 Å². The first-order chi connectivity index (χ1) is 7.09. The smallest absolute Gasteiger partial charge is 0.338 e. The van der Waals surface area contributed by atoms with Crippen LogP contribution in [0.2, 0.25) is 0 Å². The molecule has 1 aromatic rings. The topological polar surface area (TPSA) is 26.3 Å². The average molecular weight is 202 g/mol. The van der Waals surface area contributed by atoms with Gasteiger partial charge in [-0.1, -0.05) is 36.9 Å². The number of rotatable bonds is 3. The van der Waals surface area contributed by atoms with Crippen LogP contribution < -0.4 is 0 Å². The molecular weight excluding hydrogens is 188 g/mol. The first kappa shape index (κ1) is 11.2. The van der Waals surface area contributed by atoms with E-state index in [1.54, 1.807) is 19.9 Å². The van der Waals surface area contributed by atoms with E-state index in [1.165, 1.54) is 0 Å². The quantitative estimate of drug-likeness (QED) is 0.427. The fourth-order valence-electron chi connectivity index (χ4n) is 1.05. The van der Waals surface area contributed by atoms with Gasteiger partial charge in [-0.25, -0.2) is 4.79 Å². The van der Waals surface area contributed by atoms with E-state index in [1.807, 2.05) is 30.3 Å². The van der Waals surface area contributed by atoms with E-state index >= 15 is 0 Å². The second-order valence-corrected chi connectivity index (χ2v) is 3.34. The van der Waals surface area contributed by atoms with Crippen molar-refractivity contribution in [2.75, 3.05) is 0 Å². The van der Waals surface area contributed by atoms with E-state index < -0.39 is 0 Å². The lowest BCUT2D eigenvalue weighted by molar-refractivity contribution is -0.134. The van der Waals surface area contributed by atoms with Gasteiger partial charge < -0.3 is 4.74 Å². The van der Waals surface area contributed by atoms with Crippen molar-refractivity contribution in [3.05, 3.63) is 53.8 Å². The van der Waals surface area contributed by atoms with E-state index in [2.05, 4.69) is 6.58 Å². The molecule has 0 heterocycles. The number of hydrogen-bond acceptors (Lipinski definition) is 2. The summed E-state index contributed by atoms with van der Waals surface area (Å²) in [6.45, 7) is 6.88. The van der Waals surface area contributed by atoms with Gasteiger partial charge in [0.25, 0.3) is 0 Å². The number of benzene rings is 1. The van der Waals surface area contributed by atoms with Gasteiger partial charge in [0.15, 0.2) is 0 Å². The van der Waals surface area contributed by atoms with Gasteiger partial charge in [0.05, 0.1) is 0 Å². The highest BCUT2D eigenvalue weighted by atomic mass is 16.5. The van der Waals surface area contributed by atoms with Crippen molar-refractivity contribution in [3.8, 4) is 0 Å². The Morgan fingerprint density at radius 1 is 1.27 bits per heavy atom. The molecule has 0 spiro atoms. The molecule has 0 N–H and O–H groups in total. The van der Waals surface area contributed by atoms with Gasteiger partial charge >= 0.3 is 5.97 Å². The van der Waals surface area contributed by atoms with Gasteiger partial charge in [0.1, 0.15) is 5.76 Å². The zero-order valence-corrected chi connectivity index (χ0v) is 8.99. The van der Waals surface area contributed by atoms with Gasteiger partial charge in [-0.05, 0) is 25.5 Å². The molecule has 78 valence electrons. The Balaban J connectivity index is 2.69. The van der Waals surface area contributed by atoms with Gasteiger partial charge in [0, 0.05) is 5.57 Å². The fourth-order valence-corrected chi connectivity index (χ4v) is 1.05. The van der Waals surface area contributed by atoms with Crippen LogP contribution >= 0.6 is 0 Å². The lowest BCUT2D eigenvalue weighted by Crippen LogP contribution is -2.02. The molecule has 1 aromatic carbocycles. The van der Waals surface area contributed by atoms with Crippen molar-refractivity contribution in [2.24, 2.45) is 0 Å². The molecule has 0 aliphatic carbocycles. The minimum Gasteiger partial charge on any atom is -0.428 e. The average Bonchev–Trinajstić information content (AvgIpc) is 2.18. The van der Waals surface area contributed by atoms with Crippen LogP contribution in [0.3, 0.4) is 0 Å². The van der Waals surface area contributed by atoms with Crippen molar-refractivity contribution >= 4 is 12.0 Å². The highest BCUT2D eigenvalue weighted by Crippen LogP contribution is 2.08. The summed E-state index contributed by atoms with van der Waals surface area (Å²) in [5.41, 5.74) is 1.40. The van der Waals surface area contributed by atoms with Crippen LogP contribution in [-0.2, 0) is 9.53 Å². The number of carbonyl (C=O) groups is 1. The largest absolute Gasteiger partial charge is 0.428 e. The molecule has 0 saturated heterocycles. The van der Waals surface area contributed by atoms with Crippen molar-refractivity contribution in [3.63, 3.8) is 0 Å². The summed E-state index contributed by atoms with van der Waals surface area (Å²) in [7, 11) is 0. The predicted octanol–water partition coefficient (Wildman–Crippen LogP) is 3.17. The third kappa shape index (κ3) is 3.81. The molecular formula is C13H14O2. The first-order valence-corrected chi connectivity index (χ1v) is 4.70. The molecule has 1 rings (SSSR count). The molecule has 0 saturated carbocycles. The highest BCUT2D eigenvalue weighted by Gasteiger charge is 2.03. The molecule has 0 atom stereocenters. The first-order valence-electron chi connectivity index (χ1n) is 4.70. The number of allylic oxidation sites excluding steroid dienone is 1. The standard InChI is InChI=1S/C13H14O2/c1-10(2)13(14)15-11(3)9-12-7-5-4-6-8-12/h4-9H,1H2,2-3H3. The maximum absolute atomic E-state index is 11.2. The summed E-state index contributed by atoms with van der Waals surface area (Å²) in [6.07, 6.45) is 1.81. The molecule has 2 heteroatoms. The summed E-state index contributed by atoms with van der Waals surface area (Å²) in [5.74, 6) is 0.175. The number of ether oxygens (including phenoxy) is 1. The second-order valence-electron chi connectivity index (χ2n) is 3.34. The monoisotopic (exact) mass is 202 g/mol. The number of esters is 1. The van der Waals surface area contributed by atoms with Crippen molar-refractivity contribution in [1.29, 1.82) is 0 Å². The van der Waals surface area contributed by atoms with Crippen LogP contribution in [-0.4, -0.2) is 5.97 Å². The number of hydrogen-bond donors (Lipinski definition) is 0. The Kier molecular flexibility index (Phi) is 3.86. The highest BCUT2D eigenvalue weighted by molar-refractivity contribution is 5.88. The zero-order valence-electron chi connectivity index (χ0n) is 8.99. The van der Waals surface area contributed by atoms with E-state index in [4.69, 9.17) is 4.74 Å². The van der Waals surface area contributed by atoms with Gasteiger partial charge in [0.2, 0.25) is 0 Å².